The van der Waals surface area contributed by atoms with E-state index in [4.69, 9.17) is 4.42 Å². The van der Waals surface area contributed by atoms with Gasteiger partial charge >= 0.3 is 0 Å². The molecule has 0 aliphatic heterocycles. The SMILES string of the molecule is O=C(Nc1ccc(C(=O)Nc2cccc(Cn3ccnc3)c2)s1)c1ccco1. The van der Waals surface area contributed by atoms with E-state index in [2.05, 4.69) is 15.6 Å². The van der Waals surface area contributed by atoms with E-state index in [9.17, 15) is 9.59 Å². The summed E-state index contributed by atoms with van der Waals surface area (Å²) < 4.78 is 7.01. The Kier molecular flexibility index (Phi) is 5.03. The van der Waals surface area contributed by atoms with E-state index in [0.29, 0.717) is 22.1 Å². The summed E-state index contributed by atoms with van der Waals surface area (Å²) in [5, 5.41) is 6.17. The Morgan fingerprint density at radius 3 is 2.79 bits per heavy atom. The number of rotatable bonds is 6. The van der Waals surface area contributed by atoms with Crippen molar-refractivity contribution in [3.05, 3.63) is 89.7 Å². The minimum absolute atomic E-state index is 0.217. The van der Waals surface area contributed by atoms with Crippen LogP contribution in [0.5, 0.6) is 0 Å². The largest absolute Gasteiger partial charge is 0.459 e. The number of imidazole rings is 1. The molecule has 2 amide bonds. The van der Waals surface area contributed by atoms with Gasteiger partial charge in [0.25, 0.3) is 11.8 Å². The number of hydrogen-bond donors (Lipinski definition) is 2. The number of nitrogens with zero attached hydrogens (tertiary/aromatic N) is 2. The maximum Gasteiger partial charge on any atom is 0.291 e. The Bertz CT molecular complexity index is 1080. The smallest absolute Gasteiger partial charge is 0.291 e. The number of aromatic nitrogens is 2. The number of carbonyl (C=O) groups is 2. The summed E-state index contributed by atoms with van der Waals surface area (Å²) in [6.07, 6.45) is 6.79. The molecule has 0 radical (unpaired) electrons. The molecule has 3 heterocycles. The van der Waals surface area contributed by atoms with Crippen LogP contribution in [0.3, 0.4) is 0 Å². The van der Waals surface area contributed by atoms with Crippen molar-refractivity contribution < 1.29 is 14.0 Å². The van der Waals surface area contributed by atoms with E-state index < -0.39 is 0 Å². The zero-order valence-electron chi connectivity index (χ0n) is 14.7. The van der Waals surface area contributed by atoms with Gasteiger partial charge in [-0.3, -0.25) is 9.59 Å². The van der Waals surface area contributed by atoms with E-state index in [1.165, 1.54) is 17.6 Å². The van der Waals surface area contributed by atoms with Crippen LogP contribution in [0.2, 0.25) is 0 Å². The van der Waals surface area contributed by atoms with Crippen LogP contribution in [0.15, 0.2) is 77.9 Å². The van der Waals surface area contributed by atoms with Crippen molar-refractivity contribution in [3.8, 4) is 0 Å². The summed E-state index contributed by atoms with van der Waals surface area (Å²) in [5.74, 6) is -0.372. The molecule has 0 saturated carbocycles. The second-order valence-electron chi connectivity index (χ2n) is 5.98. The first-order chi connectivity index (χ1) is 13.7. The number of thiophene rings is 1. The maximum atomic E-state index is 12.5. The fourth-order valence-electron chi connectivity index (χ4n) is 2.64. The quantitative estimate of drug-likeness (QED) is 0.517. The topological polar surface area (TPSA) is 89.2 Å². The van der Waals surface area contributed by atoms with E-state index in [0.717, 1.165) is 5.56 Å². The first-order valence-electron chi connectivity index (χ1n) is 8.48. The Morgan fingerprint density at radius 2 is 2.00 bits per heavy atom. The summed E-state index contributed by atoms with van der Waals surface area (Å²) in [5.41, 5.74) is 1.76. The van der Waals surface area contributed by atoms with Crippen LogP contribution in [-0.4, -0.2) is 21.4 Å². The van der Waals surface area contributed by atoms with Gasteiger partial charge in [0.05, 0.1) is 22.5 Å². The third-order valence-corrected chi connectivity index (χ3v) is 4.92. The molecule has 0 bridgehead atoms. The molecule has 140 valence electrons. The number of amides is 2. The first-order valence-corrected chi connectivity index (χ1v) is 9.30. The van der Waals surface area contributed by atoms with Crippen LogP contribution < -0.4 is 10.6 Å². The van der Waals surface area contributed by atoms with Crippen molar-refractivity contribution in [3.63, 3.8) is 0 Å². The van der Waals surface area contributed by atoms with E-state index in [1.807, 2.05) is 35.0 Å². The minimum Gasteiger partial charge on any atom is -0.459 e. The molecular formula is C20H16N4O3S. The Morgan fingerprint density at radius 1 is 1.07 bits per heavy atom. The summed E-state index contributed by atoms with van der Waals surface area (Å²) in [6, 6.07) is 14.2. The molecule has 8 heteroatoms. The molecule has 3 aromatic heterocycles. The Hall–Kier alpha value is -3.65. The van der Waals surface area contributed by atoms with Gasteiger partial charge in [-0.1, -0.05) is 12.1 Å². The van der Waals surface area contributed by atoms with Gasteiger partial charge in [-0.25, -0.2) is 4.98 Å². The van der Waals surface area contributed by atoms with E-state index in [-0.39, 0.29) is 17.6 Å². The Labute approximate surface area is 164 Å². The van der Waals surface area contributed by atoms with Crippen molar-refractivity contribution in [2.75, 3.05) is 10.6 Å². The molecule has 4 rings (SSSR count). The van der Waals surface area contributed by atoms with E-state index >= 15 is 0 Å². The van der Waals surface area contributed by atoms with Crippen LogP contribution >= 0.6 is 11.3 Å². The molecule has 7 nitrogen and oxygen atoms in total. The Balaban J connectivity index is 1.40. The fraction of sp³-hybridized carbons (Fsp3) is 0.0500. The lowest BCUT2D eigenvalue weighted by atomic mass is 10.2. The van der Waals surface area contributed by atoms with Gasteiger partial charge in [-0.05, 0) is 42.0 Å². The predicted molar refractivity (Wildman–Crippen MR) is 107 cm³/mol. The first kappa shape index (κ1) is 17.7. The van der Waals surface area contributed by atoms with Crippen LogP contribution in [0.4, 0.5) is 10.7 Å². The molecule has 28 heavy (non-hydrogen) atoms. The molecule has 0 unspecified atom stereocenters. The standard InChI is InChI=1S/C20H16N4O3S/c25-19(16-5-2-10-27-16)23-18-7-6-17(28-18)20(26)22-15-4-1-3-14(11-15)12-24-9-8-21-13-24/h1-11,13H,12H2,(H,22,26)(H,23,25). The highest BCUT2D eigenvalue weighted by atomic mass is 32.1. The normalized spacial score (nSPS) is 10.6. The van der Waals surface area contributed by atoms with Gasteiger partial charge in [0.15, 0.2) is 5.76 Å². The molecule has 4 aromatic rings. The lowest BCUT2D eigenvalue weighted by Crippen LogP contribution is -2.11. The lowest BCUT2D eigenvalue weighted by molar-refractivity contribution is 0.0995. The molecule has 0 aliphatic carbocycles. The van der Waals surface area contributed by atoms with Gasteiger partial charge in [0.2, 0.25) is 0 Å². The van der Waals surface area contributed by atoms with Crippen LogP contribution in [-0.2, 0) is 6.54 Å². The second kappa shape index (κ2) is 7.93. The predicted octanol–water partition coefficient (Wildman–Crippen LogP) is 4.09. The number of nitrogens with one attached hydrogen (secondary N) is 2. The van der Waals surface area contributed by atoms with Gasteiger partial charge < -0.3 is 19.6 Å². The fourth-order valence-corrected chi connectivity index (χ4v) is 3.44. The third kappa shape index (κ3) is 4.18. The summed E-state index contributed by atoms with van der Waals surface area (Å²) in [6.45, 7) is 0.672. The van der Waals surface area contributed by atoms with Crippen molar-refractivity contribution in [1.29, 1.82) is 0 Å². The van der Waals surface area contributed by atoms with Crippen molar-refractivity contribution in [2.24, 2.45) is 0 Å². The van der Waals surface area contributed by atoms with Crippen LogP contribution in [0, 0.1) is 0 Å². The molecule has 0 saturated heterocycles. The number of carbonyl (C=O) groups excluding carboxylic acids is 2. The summed E-state index contributed by atoms with van der Waals surface area (Å²) >= 11 is 1.20. The number of benzene rings is 1. The molecule has 0 spiro atoms. The monoisotopic (exact) mass is 392 g/mol. The summed E-state index contributed by atoms with van der Waals surface area (Å²) in [4.78, 5) is 29.1. The number of furan rings is 1. The average molecular weight is 392 g/mol. The lowest BCUT2D eigenvalue weighted by Gasteiger charge is -2.07. The van der Waals surface area contributed by atoms with Crippen molar-refractivity contribution >= 4 is 33.8 Å². The molecule has 1 aromatic carbocycles. The molecule has 2 N–H and O–H groups in total. The second-order valence-corrected chi connectivity index (χ2v) is 7.07. The van der Waals surface area contributed by atoms with Crippen molar-refractivity contribution in [2.45, 2.75) is 6.54 Å². The van der Waals surface area contributed by atoms with Gasteiger partial charge in [-0.2, -0.15) is 0 Å². The zero-order valence-corrected chi connectivity index (χ0v) is 15.5. The molecule has 0 atom stereocenters. The highest BCUT2D eigenvalue weighted by molar-refractivity contribution is 7.18. The van der Waals surface area contributed by atoms with Crippen LogP contribution in [0.25, 0.3) is 0 Å². The minimum atomic E-state index is -0.356. The number of hydrogen-bond acceptors (Lipinski definition) is 5. The zero-order chi connectivity index (χ0) is 19.3. The molecule has 0 aliphatic rings. The van der Waals surface area contributed by atoms with Crippen molar-refractivity contribution in [1.82, 2.24) is 9.55 Å². The number of anilines is 2. The highest BCUT2D eigenvalue weighted by Gasteiger charge is 2.13. The maximum absolute atomic E-state index is 12.5. The summed E-state index contributed by atoms with van der Waals surface area (Å²) in [7, 11) is 0. The van der Waals surface area contributed by atoms with Gasteiger partial charge in [-0.15, -0.1) is 11.3 Å². The highest BCUT2D eigenvalue weighted by Crippen LogP contribution is 2.24. The van der Waals surface area contributed by atoms with Gasteiger partial charge in [0, 0.05) is 24.6 Å². The van der Waals surface area contributed by atoms with Crippen LogP contribution in [0.1, 0.15) is 25.8 Å². The molecule has 0 fully saturated rings. The van der Waals surface area contributed by atoms with Gasteiger partial charge in [0.1, 0.15) is 0 Å². The van der Waals surface area contributed by atoms with E-state index in [1.54, 1.807) is 36.8 Å². The molecular weight excluding hydrogens is 376 g/mol. The third-order valence-electron chi connectivity index (χ3n) is 3.92. The average Bonchev–Trinajstić information content (AvgIpc) is 3.45.